The first kappa shape index (κ1) is 16.3. The van der Waals surface area contributed by atoms with Crippen molar-refractivity contribution in [2.45, 2.75) is 6.92 Å². The Morgan fingerprint density at radius 2 is 1.81 bits per heavy atom. The molecule has 0 heterocycles. The molecule has 0 aliphatic rings. The molecule has 0 fully saturated rings. The fourth-order valence-corrected chi connectivity index (χ4v) is 2.81. The number of ether oxygens (including phenoxy) is 2. The highest BCUT2D eigenvalue weighted by molar-refractivity contribution is 14.1. The second kappa shape index (κ2) is 7.26. The van der Waals surface area contributed by atoms with Crippen LogP contribution in [0.1, 0.15) is 11.1 Å². The maximum absolute atomic E-state index is 5.38. The molecule has 110 valence electrons. The van der Waals surface area contributed by atoms with E-state index in [1.807, 2.05) is 18.2 Å². The van der Waals surface area contributed by atoms with Crippen LogP contribution in [0.15, 0.2) is 39.8 Å². The molecule has 0 N–H and O–H groups in total. The number of aliphatic imine (C=N–C) groups is 1. The SMILES string of the molecule is COc1cc(OC)c(C=Nc2ccc(C)c(I)c2)cc1Br. The maximum Gasteiger partial charge on any atom is 0.136 e. The van der Waals surface area contributed by atoms with Gasteiger partial charge in [-0.15, -0.1) is 0 Å². The van der Waals surface area contributed by atoms with Crippen molar-refractivity contribution in [1.29, 1.82) is 0 Å². The van der Waals surface area contributed by atoms with Gasteiger partial charge in [-0.05, 0) is 69.2 Å². The average molecular weight is 460 g/mol. The van der Waals surface area contributed by atoms with Crippen molar-refractivity contribution >= 4 is 50.4 Å². The number of methoxy groups -OCH3 is 2. The van der Waals surface area contributed by atoms with Crippen molar-refractivity contribution in [2.75, 3.05) is 14.2 Å². The van der Waals surface area contributed by atoms with Gasteiger partial charge in [-0.25, -0.2) is 0 Å². The number of benzene rings is 2. The Bertz CT molecular complexity index is 686. The van der Waals surface area contributed by atoms with Gasteiger partial charge < -0.3 is 9.47 Å². The summed E-state index contributed by atoms with van der Waals surface area (Å²) in [4.78, 5) is 4.51. The zero-order valence-electron chi connectivity index (χ0n) is 12.0. The van der Waals surface area contributed by atoms with Gasteiger partial charge in [0, 0.05) is 21.4 Å². The van der Waals surface area contributed by atoms with Crippen LogP contribution in [0.3, 0.4) is 0 Å². The van der Waals surface area contributed by atoms with E-state index in [0.717, 1.165) is 27.2 Å². The van der Waals surface area contributed by atoms with E-state index in [1.165, 1.54) is 9.13 Å². The first-order chi connectivity index (χ1) is 10.0. The third kappa shape index (κ3) is 3.97. The Kier molecular flexibility index (Phi) is 5.64. The van der Waals surface area contributed by atoms with Crippen LogP contribution >= 0.6 is 38.5 Å². The number of nitrogens with zero attached hydrogens (tertiary/aromatic N) is 1. The molecule has 0 saturated heterocycles. The third-order valence-electron chi connectivity index (χ3n) is 3.01. The van der Waals surface area contributed by atoms with E-state index < -0.39 is 0 Å². The molecule has 0 radical (unpaired) electrons. The minimum atomic E-state index is 0.723. The molecule has 21 heavy (non-hydrogen) atoms. The van der Waals surface area contributed by atoms with Crippen molar-refractivity contribution in [2.24, 2.45) is 4.99 Å². The summed E-state index contributed by atoms with van der Waals surface area (Å²) in [5.41, 5.74) is 3.05. The highest BCUT2D eigenvalue weighted by Gasteiger charge is 2.08. The Morgan fingerprint density at radius 1 is 1.10 bits per heavy atom. The molecule has 5 heteroatoms. The summed E-state index contributed by atoms with van der Waals surface area (Å²) < 4.78 is 12.7. The molecular weight excluding hydrogens is 445 g/mol. The van der Waals surface area contributed by atoms with Gasteiger partial charge in [-0.1, -0.05) is 6.07 Å². The normalized spacial score (nSPS) is 10.9. The fraction of sp³-hybridized carbons (Fsp3) is 0.188. The van der Waals surface area contributed by atoms with Crippen LogP contribution in [0.4, 0.5) is 5.69 Å². The van der Waals surface area contributed by atoms with Gasteiger partial charge in [-0.3, -0.25) is 4.99 Å². The summed E-state index contributed by atoms with van der Waals surface area (Å²) >= 11 is 5.79. The highest BCUT2D eigenvalue weighted by atomic mass is 127. The summed E-state index contributed by atoms with van der Waals surface area (Å²) in [7, 11) is 3.26. The number of rotatable bonds is 4. The Morgan fingerprint density at radius 3 is 2.43 bits per heavy atom. The molecule has 0 aliphatic carbocycles. The smallest absolute Gasteiger partial charge is 0.136 e. The van der Waals surface area contributed by atoms with Crippen LogP contribution in [0.5, 0.6) is 11.5 Å². The van der Waals surface area contributed by atoms with E-state index >= 15 is 0 Å². The van der Waals surface area contributed by atoms with Gasteiger partial charge in [0.1, 0.15) is 11.5 Å². The Labute approximate surface area is 146 Å². The molecule has 3 nitrogen and oxygen atoms in total. The van der Waals surface area contributed by atoms with Gasteiger partial charge in [-0.2, -0.15) is 0 Å². The van der Waals surface area contributed by atoms with Crippen molar-refractivity contribution in [3.05, 3.63) is 49.5 Å². The third-order valence-corrected chi connectivity index (χ3v) is 4.79. The molecule has 0 amide bonds. The van der Waals surface area contributed by atoms with Crippen LogP contribution in [-0.4, -0.2) is 20.4 Å². The zero-order chi connectivity index (χ0) is 15.4. The van der Waals surface area contributed by atoms with E-state index in [2.05, 4.69) is 62.6 Å². The van der Waals surface area contributed by atoms with Crippen molar-refractivity contribution < 1.29 is 9.47 Å². The number of halogens is 2. The van der Waals surface area contributed by atoms with Crippen LogP contribution in [0.2, 0.25) is 0 Å². The number of hydrogen-bond acceptors (Lipinski definition) is 3. The standard InChI is InChI=1S/C16H15BrINO2/c1-10-4-5-12(7-14(10)18)19-9-11-6-13(17)16(21-3)8-15(11)20-2/h4-9H,1-3H3. The van der Waals surface area contributed by atoms with Gasteiger partial charge in [0.15, 0.2) is 0 Å². The van der Waals surface area contributed by atoms with Crippen LogP contribution in [0, 0.1) is 10.5 Å². The average Bonchev–Trinajstić information content (AvgIpc) is 2.48. The molecule has 2 rings (SSSR count). The molecular formula is C16H15BrINO2. The quantitative estimate of drug-likeness (QED) is 0.468. The van der Waals surface area contributed by atoms with Gasteiger partial charge in [0.25, 0.3) is 0 Å². The van der Waals surface area contributed by atoms with Gasteiger partial charge in [0.2, 0.25) is 0 Å². The lowest BCUT2D eigenvalue weighted by molar-refractivity contribution is 0.392. The molecule has 0 saturated carbocycles. The topological polar surface area (TPSA) is 30.8 Å². The lowest BCUT2D eigenvalue weighted by Gasteiger charge is -2.09. The molecule has 2 aromatic carbocycles. The zero-order valence-corrected chi connectivity index (χ0v) is 15.7. The van der Waals surface area contributed by atoms with Crippen molar-refractivity contribution in [1.82, 2.24) is 0 Å². The summed E-state index contributed by atoms with van der Waals surface area (Å²) in [6.45, 7) is 2.08. The molecule has 0 aromatic heterocycles. The first-order valence-corrected chi connectivity index (χ1v) is 8.14. The molecule has 0 unspecified atom stereocenters. The minimum Gasteiger partial charge on any atom is -0.496 e. The van der Waals surface area contributed by atoms with Crippen molar-refractivity contribution in [3.63, 3.8) is 0 Å². The minimum absolute atomic E-state index is 0.723. The van der Waals surface area contributed by atoms with E-state index in [0.29, 0.717) is 0 Å². The van der Waals surface area contributed by atoms with E-state index in [1.54, 1.807) is 20.4 Å². The first-order valence-electron chi connectivity index (χ1n) is 6.27. The molecule has 0 spiro atoms. The summed E-state index contributed by atoms with van der Waals surface area (Å²) in [5.74, 6) is 1.45. The molecule has 2 aromatic rings. The van der Waals surface area contributed by atoms with Gasteiger partial charge in [0.05, 0.1) is 24.4 Å². The van der Waals surface area contributed by atoms with E-state index in [-0.39, 0.29) is 0 Å². The number of aryl methyl sites for hydroxylation is 1. The number of hydrogen-bond donors (Lipinski definition) is 0. The summed E-state index contributed by atoms with van der Waals surface area (Å²) in [6, 6.07) is 9.89. The molecule has 0 bridgehead atoms. The predicted molar refractivity (Wildman–Crippen MR) is 98.4 cm³/mol. The second-order valence-electron chi connectivity index (χ2n) is 4.42. The Hall–Kier alpha value is -1.08. The predicted octanol–water partition coefficient (Wildman–Crippen LogP) is 5.13. The monoisotopic (exact) mass is 459 g/mol. The van der Waals surface area contributed by atoms with E-state index in [4.69, 9.17) is 9.47 Å². The van der Waals surface area contributed by atoms with E-state index in [9.17, 15) is 0 Å². The second-order valence-corrected chi connectivity index (χ2v) is 6.44. The summed E-state index contributed by atoms with van der Waals surface area (Å²) in [6.07, 6.45) is 1.80. The highest BCUT2D eigenvalue weighted by Crippen LogP contribution is 2.32. The van der Waals surface area contributed by atoms with Crippen LogP contribution in [0.25, 0.3) is 0 Å². The van der Waals surface area contributed by atoms with Gasteiger partial charge >= 0.3 is 0 Å². The maximum atomic E-state index is 5.38. The van der Waals surface area contributed by atoms with Crippen molar-refractivity contribution in [3.8, 4) is 11.5 Å². The molecule has 0 aliphatic heterocycles. The lowest BCUT2D eigenvalue weighted by atomic mass is 10.2. The van der Waals surface area contributed by atoms with Crippen LogP contribution in [-0.2, 0) is 0 Å². The Balaban J connectivity index is 2.35. The molecule has 0 atom stereocenters. The van der Waals surface area contributed by atoms with Crippen LogP contribution < -0.4 is 9.47 Å². The lowest BCUT2D eigenvalue weighted by Crippen LogP contribution is -1.94. The fourth-order valence-electron chi connectivity index (χ4n) is 1.79. The summed E-state index contributed by atoms with van der Waals surface area (Å²) in [5, 5.41) is 0. The largest absolute Gasteiger partial charge is 0.496 e.